The van der Waals surface area contributed by atoms with E-state index in [1.807, 2.05) is 83.8 Å². The molecule has 1 fully saturated rings. The van der Waals surface area contributed by atoms with E-state index in [4.69, 9.17) is 4.74 Å². The molecule has 1 aliphatic rings. The third-order valence-corrected chi connectivity index (χ3v) is 6.14. The van der Waals surface area contributed by atoms with Crippen molar-refractivity contribution in [2.24, 2.45) is 5.92 Å². The van der Waals surface area contributed by atoms with Crippen LogP contribution in [0.1, 0.15) is 28.8 Å². The molecule has 0 aromatic heterocycles. The summed E-state index contributed by atoms with van der Waals surface area (Å²) in [6.45, 7) is 1.67. The van der Waals surface area contributed by atoms with Crippen LogP contribution in [0.15, 0.2) is 83.3 Å². The van der Waals surface area contributed by atoms with Crippen LogP contribution in [0.5, 0.6) is 5.75 Å². The standard InChI is InChI=1S/C26H25BrN2O3/c27-22-8-6-21(7-9-22)26(31)29-16-14-20(15-17-29)25(30)28-23-10-12-24(13-11-23)32-18-19-4-2-1-3-5-19/h1-13,20H,14-18H2,(H,28,30). The maximum Gasteiger partial charge on any atom is 0.253 e. The molecular weight excluding hydrogens is 468 g/mol. The van der Waals surface area contributed by atoms with Crippen LogP contribution in [0.2, 0.25) is 0 Å². The van der Waals surface area contributed by atoms with Gasteiger partial charge in [-0.05, 0) is 66.9 Å². The summed E-state index contributed by atoms with van der Waals surface area (Å²) in [6.07, 6.45) is 1.32. The summed E-state index contributed by atoms with van der Waals surface area (Å²) in [7, 11) is 0. The normalized spacial score (nSPS) is 14.1. The number of carbonyl (C=O) groups is 2. The fourth-order valence-corrected chi connectivity index (χ4v) is 4.00. The number of halogens is 1. The molecule has 2 amide bonds. The topological polar surface area (TPSA) is 58.6 Å². The van der Waals surface area contributed by atoms with E-state index in [1.165, 1.54) is 0 Å². The van der Waals surface area contributed by atoms with Crippen LogP contribution in [-0.2, 0) is 11.4 Å². The molecule has 0 spiro atoms. The summed E-state index contributed by atoms with van der Waals surface area (Å²) < 4.78 is 6.74. The first-order chi connectivity index (χ1) is 15.6. The van der Waals surface area contributed by atoms with Crippen LogP contribution in [0.4, 0.5) is 5.69 Å². The molecule has 1 saturated heterocycles. The van der Waals surface area contributed by atoms with Crippen molar-refractivity contribution in [1.29, 1.82) is 0 Å². The number of nitrogens with zero attached hydrogens (tertiary/aromatic N) is 1. The Balaban J connectivity index is 1.24. The third kappa shape index (κ3) is 5.77. The first-order valence-corrected chi connectivity index (χ1v) is 11.5. The smallest absolute Gasteiger partial charge is 0.253 e. The van der Waals surface area contributed by atoms with Gasteiger partial charge >= 0.3 is 0 Å². The summed E-state index contributed by atoms with van der Waals surface area (Å²) in [5.41, 5.74) is 2.52. The van der Waals surface area contributed by atoms with Crippen molar-refractivity contribution in [2.45, 2.75) is 19.4 Å². The summed E-state index contributed by atoms with van der Waals surface area (Å²) in [5, 5.41) is 2.99. The molecule has 4 rings (SSSR count). The van der Waals surface area contributed by atoms with Crippen molar-refractivity contribution in [1.82, 2.24) is 4.90 Å². The summed E-state index contributed by atoms with van der Waals surface area (Å²) >= 11 is 3.39. The average Bonchev–Trinajstić information content (AvgIpc) is 2.84. The van der Waals surface area contributed by atoms with Gasteiger partial charge in [-0.25, -0.2) is 0 Å². The highest BCUT2D eigenvalue weighted by Crippen LogP contribution is 2.23. The number of benzene rings is 3. The number of hydrogen-bond donors (Lipinski definition) is 1. The summed E-state index contributed by atoms with van der Waals surface area (Å²) in [6, 6.07) is 24.8. The lowest BCUT2D eigenvalue weighted by atomic mass is 9.95. The van der Waals surface area contributed by atoms with Crippen molar-refractivity contribution < 1.29 is 14.3 Å². The van der Waals surface area contributed by atoms with Gasteiger partial charge in [0.05, 0.1) is 0 Å². The molecule has 0 saturated carbocycles. The molecule has 6 heteroatoms. The minimum absolute atomic E-state index is 0.00121. The van der Waals surface area contributed by atoms with Gasteiger partial charge in [0.2, 0.25) is 5.91 Å². The van der Waals surface area contributed by atoms with Crippen LogP contribution in [0, 0.1) is 5.92 Å². The zero-order chi connectivity index (χ0) is 22.3. The molecular formula is C26H25BrN2O3. The number of ether oxygens (including phenoxy) is 1. The summed E-state index contributed by atoms with van der Waals surface area (Å²) in [4.78, 5) is 27.2. The van der Waals surface area contributed by atoms with Gasteiger partial charge in [0, 0.05) is 34.7 Å². The molecule has 0 radical (unpaired) electrons. The number of likely N-dealkylation sites (tertiary alicyclic amines) is 1. The summed E-state index contributed by atoms with van der Waals surface area (Å²) in [5.74, 6) is 0.672. The Morgan fingerprint density at radius 1 is 0.906 bits per heavy atom. The van der Waals surface area contributed by atoms with Crippen molar-refractivity contribution in [2.75, 3.05) is 18.4 Å². The maximum atomic E-state index is 12.7. The quantitative estimate of drug-likeness (QED) is 0.492. The molecule has 1 heterocycles. The van der Waals surface area contributed by atoms with Gasteiger partial charge in [-0.1, -0.05) is 46.3 Å². The van der Waals surface area contributed by atoms with E-state index in [0.29, 0.717) is 38.1 Å². The van der Waals surface area contributed by atoms with Crippen LogP contribution in [0.3, 0.4) is 0 Å². The minimum atomic E-state index is -0.0991. The number of carbonyl (C=O) groups excluding carboxylic acids is 2. The average molecular weight is 493 g/mol. The largest absolute Gasteiger partial charge is 0.489 e. The number of rotatable bonds is 6. The Labute approximate surface area is 196 Å². The molecule has 5 nitrogen and oxygen atoms in total. The molecule has 3 aromatic rings. The van der Waals surface area contributed by atoms with Crippen molar-refractivity contribution in [3.05, 3.63) is 94.5 Å². The van der Waals surface area contributed by atoms with E-state index in [2.05, 4.69) is 21.2 Å². The van der Waals surface area contributed by atoms with Gasteiger partial charge in [0.25, 0.3) is 5.91 Å². The van der Waals surface area contributed by atoms with E-state index in [-0.39, 0.29) is 17.7 Å². The zero-order valence-corrected chi connectivity index (χ0v) is 19.3. The van der Waals surface area contributed by atoms with Crippen LogP contribution in [-0.4, -0.2) is 29.8 Å². The highest BCUT2D eigenvalue weighted by molar-refractivity contribution is 9.10. The molecule has 0 atom stereocenters. The SMILES string of the molecule is O=C(Nc1ccc(OCc2ccccc2)cc1)C1CCN(C(=O)c2ccc(Br)cc2)CC1. The predicted molar refractivity (Wildman–Crippen MR) is 129 cm³/mol. The van der Waals surface area contributed by atoms with E-state index in [1.54, 1.807) is 0 Å². The predicted octanol–water partition coefficient (Wildman–Crippen LogP) is 5.52. The highest BCUT2D eigenvalue weighted by atomic mass is 79.9. The Morgan fingerprint density at radius 2 is 1.56 bits per heavy atom. The Morgan fingerprint density at radius 3 is 2.22 bits per heavy atom. The third-order valence-electron chi connectivity index (χ3n) is 5.61. The Kier molecular flexibility index (Phi) is 7.22. The van der Waals surface area contributed by atoms with Crippen molar-refractivity contribution in [3.8, 4) is 5.75 Å². The first kappa shape index (κ1) is 22.1. The van der Waals surface area contributed by atoms with Crippen LogP contribution in [0.25, 0.3) is 0 Å². The van der Waals surface area contributed by atoms with E-state index < -0.39 is 0 Å². The van der Waals surface area contributed by atoms with E-state index in [9.17, 15) is 9.59 Å². The Bertz CT molecular complexity index is 1040. The molecule has 32 heavy (non-hydrogen) atoms. The minimum Gasteiger partial charge on any atom is -0.489 e. The number of nitrogens with one attached hydrogen (secondary N) is 1. The fourth-order valence-electron chi connectivity index (χ4n) is 3.74. The lowest BCUT2D eigenvalue weighted by Gasteiger charge is -2.31. The highest BCUT2D eigenvalue weighted by Gasteiger charge is 2.27. The van der Waals surface area contributed by atoms with Gasteiger partial charge < -0.3 is 15.0 Å². The molecule has 164 valence electrons. The lowest BCUT2D eigenvalue weighted by molar-refractivity contribution is -0.121. The first-order valence-electron chi connectivity index (χ1n) is 10.7. The number of anilines is 1. The second-order valence-electron chi connectivity index (χ2n) is 7.86. The Hall–Kier alpha value is -3.12. The lowest BCUT2D eigenvalue weighted by Crippen LogP contribution is -2.41. The van der Waals surface area contributed by atoms with E-state index >= 15 is 0 Å². The molecule has 1 N–H and O–H groups in total. The van der Waals surface area contributed by atoms with Gasteiger partial charge in [0.1, 0.15) is 12.4 Å². The second-order valence-corrected chi connectivity index (χ2v) is 8.78. The maximum absolute atomic E-state index is 12.7. The number of hydrogen-bond acceptors (Lipinski definition) is 3. The molecule has 3 aromatic carbocycles. The van der Waals surface area contributed by atoms with Crippen molar-refractivity contribution >= 4 is 33.4 Å². The zero-order valence-electron chi connectivity index (χ0n) is 17.7. The molecule has 0 unspecified atom stereocenters. The molecule has 1 aliphatic heterocycles. The van der Waals surface area contributed by atoms with E-state index in [0.717, 1.165) is 21.5 Å². The van der Waals surface area contributed by atoms with Crippen molar-refractivity contribution in [3.63, 3.8) is 0 Å². The van der Waals surface area contributed by atoms with Crippen LogP contribution >= 0.6 is 15.9 Å². The van der Waals surface area contributed by atoms with Gasteiger partial charge in [-0.15, -0.1) is 0 Å². The number of amides is 2. The van der Waals surface area contributed by atoms with Gasteiger partial charge in [0.15, 0.2) is 0 Å². The molecule has 0 aliphatic carbocycles. The second kappa shape index (κ2) is 10.5. The fraction of sp³-hybridized carbons (Fsp3) is 0.231. The van der Waals surface area contributed by atoms with Crippen LogP contribution < -0.4 is 10.1 Å². The van der Waals surface area contributed by atoms with Gasteiger partial charge in [-0.2, -0.15) is 0 Å². The van der Waals surface area contributed by atoms with Gasteiger partial charge in [-0.3, -0.25) is 9.59 Å². The number of piperidine rings is 1. The monoisotopic (exact) mass is 492 g/mol. The molecule has 0 bridgehead atoms.